The normalized spacial score (nSPS) is 19.2. The number of hydrogen-bond acceptors (Lipinski definition) is 3. The molecule has 1 aromatic heterocycles. The summed E-state index contributed by atoms with van der Waals surface area (Å²) < 4.78 is 0. The molecule has 5 heteroatoms. The van der Waals surface area contributed by atoms with Gasteiger partial charge in [0.25, 0.3) is 0 Å². The van der Waals surface area contributed by atoms with Gasteiger partial charge < -0.3 is 15.0 Å². The van der Waals surface area contributed by atoms with Gasteiger partial charge >= 0.3 is 5.97 Å². The monoisotopic (exact) mass is 485 g/mol. The number of aromatic nitrogens is 1. The van der Waals surface area contributed by atoms with E-state index in [1.54, 1.807) is 0 Å². The summed E-state index contributed by atoms with van der Waals surface area (Å²) in [5, 5.41) is 12.0. The molecule has 0 amide bonds. The Kier molecular flexibility index (Phi) is 5.81. The van der Waals surface area contributed by atoms with Crippen LogP contribution in [0.2, 0.25) is 0 Å². The molecule has 182 valence electrons. The Balaban J connectivity index is 1.57. The number of carbonyl (C=O) groups is 1. The van der Waals surface area contributed by atoms with Crippen LogP contribution < -0.4 is 0 Å². The molecule has 0 saturated carbocycles. The molecule has 0 fully saturated rings. The van der Waals surface area contributed by atoms with Crippen molar-refractivity contribution in [2.45, 2.75) is 24.5 Å². The Morgan fingerprint density at radius 1 is 0.838 bits per heavy atom. The van der Waals surface area contributed by atoms with E-state index in [1.165, 1.54) is 0 Å². The Hall–Kier alpha value is -4.64. The van der Waals surface area contributed by atoms with Gasteiger partial charge in [-0.15, -0.1) is 0 Å². The van der Waals surface area contributed by atoms with E-state index in [1.807, 2.05) is 109 Å². The largest absolute Gasteiger partial charge is 0.479 e. The summed E-state index contributed by atoms with van der Waals surface area (Å²) in [6.45, 7) is 0.539. The molecule has 2 atom stereocenters. The minimum atomic E-state index is -1.42. The summed E-state index contributed by atoms with van der Waals surface area (Å²) in [7, 11) is 0. The molecule has 1 unspecified atom stereocenters. The average Bonchev–Trinajstić information content (AvgIpc) is 3.50. The van der Waals surface area contributed by atoms with Crippen molar-refractivity contribution < 1.29 is 9.90 Å². The number of carboxylic acids is 1. The maximum Gasteiger partial charge on any atom is 0.334 e. The number of nitrogens with one attached hydrogen (secondary N) is 1. The van der Waals surface area contributed by atoms with Crippen molar-refractivity contribution in [3.63, 3.8) is 0 Å². The molecular weight excluding hydrogens is 458 g/mol. The van der Waals surface area contributed by atoms with Crippen molar-refractivity contribution in [1.29, 1.82) is 0 Å². The van der Waals surface area contributed by atoms with Gasteiger partial charge in [-0.25, -0.2) is 9.79 Å². The Bertz CT molecular complexity index is 1560. The zero-order chi connectivity index (χ0) is 25.2. The number of aromatic amines is 1. The smallest absolute Gasteiger partial charge is 0.334 e. The number of nitrogens with zero attached hydrogens (tertiary/aromatic N) is 2. The number of benzene rings is 4. The zero-order valence-corrected chi connectivity index (χ0v) is 20.3. The fourth-order valence-corrected chi connectivity index (χ4v) is 5.49. The second kappa shape index (κ2) is 9.43. The number of aliphatic carboxylic acids is 1. The average molecular weight is 486 g/mol. The number of para-hydroxylation sites is 1. The van der Waals surface area contributed by atoms with Gasteiger partial charge in [-0.05, 0) is 22.8 Å². The summed E-state index contributed by atoms with van der Waals surface area (Å²) in [5.41, 5.74) is 3.43. The van der Waals surface area contributed by atoms with E-state index < -0.39 is 17.6 Å². The van der Waals surface area contributed by atoms with Crippen molar-refractivity contribution in [3.05, 3.63) is 144 Å². The van der Waals surface area contributed by atoms with Gasteiger partial charge in [0.1, 0.15) is 5.84 Å². The molecule has 5 nitrogen and oxygen atoms in total. The molecule has 4 aromatic carbocycles. The highest BCUT2D eigenvalue weighted by Gasteiger charge is 2.55. The van der Waals surface area contributed by atoms with E-state index in [9.17, 15) is 9.90 Å². The van der Waals surface area contributed by atoms with Crippen LogP contribution in [0, 0.1) is 0 Å². The van der Waals surface area contributed by atoms with E-state index in [-0.39, 0.29) is 6.42 Å². The fourth-order valence-electron chi connectivity index (χ4n) is 5.49. The Labute approximate surface area is 215 Å². The molecule has 5 aromatic rings. The number of fused-ring (bicyclic) bond motifs is 1. The van der Waals surface area contributed by atoms with E-state index in [0.717, 1.165) is 33.2 Å². The van der Waals surface area contributed by atoms with Crippen LogP contribution in [-0.4, -0.2) is 32.3 Å². The highest BCUT2D eigenvalue weighted by molar-refractivity contribution is 6.04. The minimum Gasteiger partial charge on any atom is -0.479 e. The number of carboxylic acid groups (broad SMARTS) is 1. The molecular formula is C32H27N3O2. The fraction of sp³-hybridized carbons (Fsp3) is 0.125. The molecule has 0 radical (unpaired) electrons. The van der Waals surface area contributed by atoms with E-state index in [2.05, 4.69) is 22.0 Å². The molecule has 37 heavy (non-hydrogen) atoms. The predicted molar refractivity (Wildman–Crippen MR) is 147 cm³/mol. The van der Waals surface area contributed by atoms with E-state index >= 15 is 0 Å². The zero-order valence-electron chi connectivity index (χ0n) is 20.3. The second-order valence-corrected chi connectivity index (χ2v) is 9.49. The lowest BCUT2D eigenvalue weighted by Gasteiger charge is -2.36. The number of rotatable bonds is 7. The van der Waals surface area contributed by atoms with E-state index in [4.69, 9.17) is 4.99 Å². The van der Waals surface area contributed by atoms with Crippen LogP contribution in [0.3, 0.4) is 0 Å². The third kappa shape index (κ3) is 4.08. The molecule has 0 spiro atoms. The summed E-state index contributed by atoms with van der Waals surface area (Å²) >= 11 is 0. The maximum absolute atomic E-state index is 13.4. The Morgan fingerprint density at radius 3 is 2.16 bits per heavy atom. The number of amidine groups is 1. The first-order valence-electron chi connectivity index (χ1n) is 12.4. The summed E-state index contributed by atoms with van der Waals surface area (Å²) in [6, 6.07) is 37.5. The molecule has 0 bridgehead atoms. The molecule has 6 rings (SSSR count). The first-order valence-corrected chi connectivity index (χ1v) is 12.4. The second-order valence-electron chi connectivity index (χ2n) is 9.49. The molecule has 0 saturated heterocycles. The van der Waals surface area contributed by atoms with Crippen LogP contribution in [0.15, 0.2) is 126 Å². The quantitative estimate of drug-likeness (QED) is 0.287. The first kappa shape index (κ1) is 22.8. The third-order valence-electron chi connectivity index (χ3n) is 7.19. The van der Waals surface area contributed by atoms with Gasteiger partial charge in [0.2, 0.25) is 0 Å². The minimum absolute atomic E-state index is 0.257. The molecule has 1 aliphatic heterocycles. The van der Waals surface area contributed by atoms with Crippen LogP contribution in [0.4, 0.5) is 0 Å². The first-order chi connectivity index (χ1) is 18.2. The topological polar surface area (TPSA) is 68.7 Å². The van der Waals surface area contributed by atoms with Crippen LogP contribution in [0.1, 0.15) is 28.3 Å². The summed E-state index contributed by atoms with van der Waals surface area (Å²) in [5.74, 6) is -0.240. The summed E-state index contributed by atoms with van der Waals surface area (Å²) in [4.78, 5) is 24.0. The molecule has 0 aliphatic carbocycles. The van der Waals surface area contributed by atoms with Crippen molar-refractivity contribution >= 4 is 22.7 Å². The summed E-state index contributed by atoms with van der Waals surface area (Å²) in [6.07, 6.45) is 2.18. The number of H-pyrrole nitrogens is 1. The van der Waals surface area contributed by atoms with Gasteiger partial charge in [-0.3, -0.25) is 0 Å². The SMILES string of the molecule is O=C(O)[C@@]1(Cc2c[nH]c3ccccc23)N=C(c2ccccc2)N(Cc2ccccc2)C1c1ccccc1. The van der Waals surface area contributed by atoms with Crippen LogP contribution in [0.25, 0.3) is 10.9 Å². The molecule has 2 N–H and O–H groups in total. The van der Waals surface area contributed by atoms with Crippen molar-refractivity contribution in [2.24, 2.45) is 4.99 Å². The van der Waals surface area contributed by atoms with Gasteiger partial charge in [0.05, 0.1) is 6.04 Å². The van der Waals surface area contributed by atoms with Crippen LogP contribution in [0.5, 0.6) is 0 Å². The lowest BCUT2D eigenvalue weighted by Crippen LogP contribution is -2.47. The number of hydrogen-bond donors (Lipinski definition) is 2. The molecule has 1 aliphatic rings. The molecule has 2 heterocycles. The Morgan fingerprint density at radius 2 is 1.46 bits per heavy atom. The van der Waals surface area contributed by atoms with Crippen LogP contribution in [-0.2, 0) is 17.8 Å². The highest BCUT2D eigenvalue weighted by atomic mass is 16.4. The van der Waals surface area contributed by atoms with Gasteiger partial charge in [0, 0.05) is 35.6 Å². The van der Waals surface area contributed by atoms with E-state index in [0.29, 0.717) is 12.4 Å². The van der Waals surface area contributed by atoms with Crippen molar-refractivity contribution in [3.8, 4) is 0 Å². The standard InChI is InChI=1S/C32H27N3O2/c36-31(37)32(20-26-21-33-28-19-11-10-18-27(26)28)29(24-14-6-2-7-15-24)35(22-23-12-4-1-5-13-23)30(34-32)25-16-8-3-9-17-25/h1-19,21,29,33H,20,22H2,(H,36,37)/t29?,32-/m0/s1. The van der Waals surface area contributed by atoms with Crippen molar-refractivity contribution in [1.82, 2.24) is 9.88 Å². The lowest BCUT2D eigenvalue weighted by atomic mass is 9.80. The van der Waals surface area contributed by atoms with Gasteiger partial charge in [0.15, 0.2) is 5.54 Å². The highest BCUT2D eigenvalue weighted by Crippen LogP contribution is 2.45. The number of aliphatic imine (C=N–C) groups is 1. The third-order valence-corrected chi connectivity index (χ3v) is 7.19. The van der Waals surface area contributed by atoms with Gasteiger partial charge in [-0.1, -0.05) is 109 Å². The lowest BCUT2D eigenvalue weighted by molar-refractivity contribution is -0.144. The van der Waals surface area contributed by atoms with Gasteiger partial charge in [-0.2, -0.15) is 0 Å². The maximum atomic E-state index is 13.4. The van der Waals surface area contributed by atoms with Crippen molar-refractivity contribution in [2.75, 3.05) is 0 Å². The van der Waals surface area contributed by atoms with Crippen LogP contribution >= 0.6 is 0 Å². The predicted octanol–water partition coefficient (Wildman–Crippen LogP) is 6.24.